The number of nitrogens with zero attached hydrogens (tertiary/aromatic N) is 3. The Hall–Kier alpha value is -2.43. The van der Waals surface area contributed by atoms with Gasteiger partial charge < -0.3 is 5.73 Å². The van der Waals surface area contributed by atoms with Gasteiger partial charge in [-0.25, -0.2) is 10.1 Å². The first-order valence-electron chi connectivity index (χ1n) is 5.78. The lowest BCUT2D eigenvalue weighted by atomic mass is 9.93. The van der Waals surface area contributed by atoms with Crippen molar-refractivity contribution in [2.75, 3.05) is 5.73 Å². The van der Waals surface area contributed by atoms with E-state index in [1.807, 2.05) is 24.3 Å². The van der Waals surface area contributed by atoms with Crippen molar-refractivity contribution in [1.82, 2.24) is 20.4 Å². The molecule has 0 aliphatic rings. The summed E-state index contributed by atoms with van der Waals surface area (Å²) in [5, 5.41) is 10.6. The second-order valence-corrected chi connectivity index (χ2v) is 4.28. The number of rotatable bonds is 2. The van der Waals surface area contributed by atoms with Crippen LogP contribution in [0, 0.1) is 0 Å². The molecule has 2 aromatic heterocycles. The van der Waals surface area contributed by atoms with Gasteiger partial charge in [0.2, 0.25) is 0 Å². The molecule has 0 radical (unpaired) electrons. The number of aromatic amines is 1. The molecule has 0 aliphatic heterocycles. The number of nitrogens with two attached hydrogens (primary N) is 1. The monoisotopic (exact) mass is 239 g/mol. The maximum atomic E-state index is 5.81. The molecule has 0 fully saturated rings. The summed E-state index contributed by atoms with van der Waals surface area (Å²) in [6.07, 6.45) is 0. The number of fused-ring (bicyclic) bond motifs is 1. The van der Waals surface area contributed by atoms with Gasteiger partial charge in [0.1, 0.15) is 11.3 Å². The molecule has 0 bridgehead atoms. The summed E-state index contributed by atoms with van der Waals surface area (Å²) in [6.45, 7) is 2.12. The minimum atomic E-state index is 0.198. The highest BCUT2D eigenvalue weighted by molar-refractivity contribution is 5.76. The molecular formula is C13H13N5. The number of anilines is 1. The summed E-state index contributed by atoms with van der Waals surface area (Å²) in [5.74, 6) is 0.676. The number of benzene rings is 1. The molecule has 1 aromatic carbocycles. The van der Waals surface area contributed by atoms with Crippen molar-refractivity contribution in [3.8, 4) is 0 Å². The highest BCUT2D eigenvalue weighted by Crippen LogP contribution is 2.28. The highest BCUT2D eigenvalue weighted by Gasteiger charge is 2.15. The SMILES string of the molecule is C[C@H](c1ccccc1)c1cc(N)nc2[nH]nnc12. The van der Waals surface area contributed by atoms with Crippen LogP contribution in [0.3, 0.4) is 0 Å². The van der Waals surface area contributed by atoms with Crippen molar-refractivity contribution in [3.63, 3.8) is 0 Å². The van der Waals surface area contributed by atoms with E-state index in [9.17, 15) is 0 Å². The van der Waals surface area contributed by atoms with E-state index in [2.05, 4.69) is 39.5 Å². The van der Waals surface area contributed by atoms with Gasteiger partial charge in [0, 0.05) is 5.92 Å². The normalized spacial score (nSPS) is 12.7. The molecular weight excluding hydrogens is 226 g/mol. The first kappa shape index (κ1) is 10.7. The van der Waals surface area contributed by atoms with Gasteiger partial charge >= 0.3 is 0 Å². The third-order valence-corrected chi connectivity index (χ3v) is 3.11. The van der Waals surface area contributed by atoms with E-state index in [4.69, 9.17) is 5.73 Å². The van der Waals surface area contributed by atoms with Crippen LogP contribution in [0.1, 0.15) is 24.0 Å². The summed E-state index contributed by atoms with van der Waals surface area (Å²) in [6, 6.07) is 12.1. The second kappa shape index (κ2) is 4.10. The van der Waals surface area contributed by atoms with Crippen LogP contribution in [0.4, 0.5) is 5.82 Å². The number of hydrogen-bond acceptors (Lipinski definition) is 4. The standard InChI is InChI=1S/C13H13N5/c1-8(9-5-3-2-4-6-9)10-7-11(14)15-13-12(10)16-18-17-13/h2-8H,1H3,(H3,14,15,16,17,18)/t8-/m1/s1. The number of pyridine rings is 1. The average molecular weight is 239 g/mol. The summed E-state index contributed by atoms with van der Waals surface area (Å²) in [4.78, 5) is 4.17. The Morgan fingerprint density at radius 1 is 1.22 bits per heavy atom. The van der Waals surface area contributed by atoms with Crippen LogP contribution >= 0.6 is 0 Å². The molecule has 18 heavy (non-hydrogen) atoms. The Bertz CT molecular complexity index is 674. The van der Waals surface area contributed by atoms with Crippen LogP contribution in [0.2, 0.25) is 0 Å². The molecule has 0 spiro atoms. The Morgan fingerprint density at radius 3 is 2.78 bits per heavy atom. The molecule has 0 saturated heterocycles. The molecule has 90 valence electrons. The summed E-state index contributed by atoms with van der Waals surface area (Å²) >= 11 is 0. The van der Waals surface area contributed by atoms with Gasteiger partial charge in [0.15, 0.2) is 5.65 Å². The minimum Gasteiger partial charge on any atom is -0.384 e. The zero-order valence-corrected chi connectivity index (χ0v) is 9.96. The Balaban J connectivity index is 2.17. The first-order valence-corrected chi connectivity index (χ1v) is 5.78. The first-order chi connectivity index (χ1) is 8.75. The minimum absolute atomic E-state index is 0.198. The molecule has 2 heterocycles. The van der Waals surface area contributed by atoms with Crippen molar-refractivity contribution < 1.29 is 0 Å². The Morgan fingerprint density at radius 2 is 2.00 bits per heavy atom. The van der Waals surface area contributed by atoms with Gasteiger partial charge in [0.05, 0.1) is 0 Å². The van der Waals surface area contributed by atoms with Gasteiger partial charge in [-0.2, -0.15) is 0 Å². The lowest BCUT2D eigenvalue weighted by Gasteiger charge is -2.12. The van der Waals surface area contributed by atoms with Crippen molar-refractivity contribution in [2.24, 2.45) is 0 Å². The summed E-state index contributed by atoms with van der Waals surface area (Å²) in [7, 11) is 0. The summed E-state index contributed by atoms with van der Waals surface area (Å²) in [5.41, 5.74) is 9.48. The lowest BCUT2D eigenvalue weighted by Crippen LogP contribution is -2.00. The molecule has 0 unspecified atom stereocenters. The summed E-state index contributed by atoms with van der Waals surface area (Å²) < 4.78 is 0. The predicted octanol–water partition coefficient (Wildman–Crippen LogP) is 2.09. The van der Waals surface area contributed by atoms with Gasteiger partial charge in [0.25, 0.3) is 0 Å². The van der Waals surface area contributed by atoms with Crippen LogP contribution in [-0.2, 0) is 0 Å². The zero-order valence-electron chi connectivity index (χ0n) is 9.96. The molecule has 3 rings (SSSR count). The topological polar surface area (TPSA) is 80.5 Å². The van der Waals surface area contributed by atoms with Crippen molar-refractivity contribution in [2.45, 2.75) is 12.8 Å². The number of nitrogens with one attached hydrogen (secondary N) is 1. The molecule has 5 nitrogen and oxygen atoms in total. The molecule has 0 aliphatic carbocycles. The Kier molecular flexibility index (Phi) is 2.44. The van der Waals surface area contributed by atoms with E-state index < -0.39 is 0 Å². The maximum absolute atomic E-state index is 5.81. The fourth-order valence-corrected chi connectivity index (χ4v) is 2.14. The molecule has 0 amide bonds. The smallest absolute Gasteiger partial charge is 0.178 e. The van der Waals surface area contributed by atoms with Crippen molar-refractivity contribution in [1.29, 1.82) is 0 Å². The number of aromatic nitrogens is 4. The van der Waals surface area contributed by atoms with E-state index in [0.717, 1.165) is 11.1 Å². The van der Waals surface area contributed by atoms with Crippen LogP contribution in [0.5, 0.6) is 0 Å². The largest absolute Gasteiger partial charge is 0.384 e. The maximum Gasteiger partial charge on any atom is 0.178 e. The fourth-order valence-electron chi connectivity index (χ4n) is 2.14. The molecule has 3 aromatic rings. The van der Waals surface area contributed by atoms with Crippen LogP contribution < -0.4 is 5.73 Å². The van der Waals surface area contributed by atoms with Crippen molar-refractivity contribution >= 4 is 17.0 Å². The third kappa shape index (κ3) is 1.69. The third-order valence-electron chi connectivity index (χ3n) is 3.11. The second-order valence-electron chi connectivity index (χ2n) is 4.28. The molecule has 1 atom stereocenters. The van der Waals surface area contributed by atoms with Gasteiger partial charge in [-0.05, 0) is 17.2 Å². The van der Waals surface area contributed by atoms with Gasteiger partial charge in [-0.1, -0.05) is 42.5 Å². The number of hydrogen-bond donors (Lipinski definition) is 2. The van der Waals surface area contributed by atoms with Crippen LogP contribution in [0.25, 0.3) is 11.2 Å². The van der Waals surface area contributed by atoms with Gasteiger partial charge in [-0.15, -0.1) is 5.10 Å². The van der Waals surface area contributed by atoms with E-state index >= 15 is 0 Å². The Labute approximate surface area is 104 Å². The lowest BCUT2D eigenvalue weighted by molar-refractivity contribution is 0.917. The number of nitrogen functional groups attached to an aromatic ring is 1. The predicted molar refractivity (Wildman–Crippen MR) is 70.1 cm³/mol. The van der Waals surface area contributed by atoms with Crippen molar-refractivity contribution in [3.05, 3.63) is 47.5 Å². The fraction of sp³-hybridized carbons (Fsp3) is 0.154. The molecule has 0 saturated carbocycles. The molecule has 3 N–H and O–H groups in total. The van der Waals surface area contributed by atoms with E-state index in [1.54, 1.807) is 0 Å². The van der Waals surface area contributed by atoms with Crippen LogP contribution in [-0.4, -0.2) is 20.4 Å². The highest BCUT2D eigenvalue weighted by atomic mass is 15.3. The van der Waals surface area contributed by atoms with E-state index in [0.29, 0.717) is 11.5 Å². The van der Waals surface area contributed by atoms with E-state index in [1.165, 1.54) is 5.56 Å². The number of H-pyrrole nitrogens is 1. The average Bonchev–Trinajstić information content (AvgIpc) is 2.86. The quantitative estimate of drug-likeness (QED) is 0.717. The zero-order chi connectivity index (χ0) is 12.5. The van der Waals surface area contributed by atoms with E-state index in [-0.39, 0.29) is 5.92 Å². The molecule has 5 heteroatoms. The van der Waals surface area contributed by atoms with Gasteiger partial charge in [-0.3, -0.25) is 0 Å². The van der Waals surface area contributed by atoms with Crippen LogP contribution in [0.15, 0.2) is 36.4 Å².